The molecule has 0 spiro atoms. The maximum atomic E-state index is 12.2. The second-order valence-corrected chi connectivity index (χ2v) is 6.51. The summed E-state index contributed by atoms with van der Waals surface area (Å²) in [6, 6.07) is 15.1. The lowest BCUT2D eigenvalue weighted by Gasteiger charge is -2.08. The Morgan fingerprint density at radius 3 is 2.34 bits per heavy atom. The van der Waals surface area contributed by atoms with Crippen molar-refractivity contribution in [1.29, 1.82) is 0 Å². The molecule has 0 unspecified atom stereocenters. The molecule has 3 aromatic rings. The molecule has 0 aliphatic heterocycles. The lowest BCUT2D eigenvalue weighted by atomic mass is 10.2. The third kappa shape index (κ3) is 7.41. The molecular weight excluding hydrogens is 524 g/mol. The van der Waals surface area contributed by atoms with Crippen LogP contribution < -0.4 is 54.7 Å². The lowest BCUT2D eigenvalue weighted by molar-refractivity contribution is -0.683. The van der Waals surface area contributed by atoms with Crippen molar-refractivity contribution in [3.05, 3.63) is 82.8 Å². The molecular formula is C19H17Br2N4O3S-. The van der Waals surface area contributed by atoms with E-state index in [4.69, 9.17) is 0 Å². The number of thiophene rings is 1. The normalized spacial score (nSPS) is 9.38. The quantitative estimate of drug-likeness (QED) is 0.177. The number of hydrogen-bond acceptors (Lipinski definition) is 4. The molecule has 3 N–H and O–H groups in total. The van der Waals surface area contributed by atoms with E-state index in [1.165, 1.54) is 11.3 Å². The number of carbonyl (C=O) groups is 3. The summed E-state index contributed by atoms with van der Waals surface area (Å²) >= 11 is 1.38. The number of rotatable bonds is 5. The van der Waals surface area contributed by atoms with Gasteiger partial charge >= 0.3 is 6.03 Å². The number of pyridine rings is 1. The largest absolute Gasteiger partial charge is 1.00 e. The Bertz CT molecular complexity index is 953. The molecule has 152 valence electrons. The number of hydrogen-bond donors (Lipinski definition) is 3. The van der Waals surface area contributed by atoms with Gasteiger partial charge in [0.2, 0.25) is 12.3 Å². The summed E-state index contributed by atoms with van der Waals surface area (Å²) < 4.78 is 1.63. The van der Waals surface area contributed by atoms with E-state index in [0.29, 0.717) is 16.1 Å². The number of nitrogens with one attached hydrogen (secondary N) is 3. The number of halogens is 2. The highest BCUT2D eigenvalue weighted by Crippen LogP contribution is 2.09. The zero-order valence-electron chi connectivity index (χ0n) is 15.0. The minimum Gasteiger partial charge on any atom is -1.00 e. The van der Waals surface area contributed by atoms with Gasteiger partial charge in [-0.3, -0.25) is 15.0 Å². The van der Waals surface area contributed by atoms with Gasteiger partial charge in [-0.15, -0.1) is 11.3 Å². The molecule has 3 rings (SSSR count). The Kier molecular flexibility index (Phi) is 10.2. The molecule has 3 amide bonds. The van der Waals surface area contributed by atoms with Crippen LogP contribution in [0.2, 0.25) is 0 Å². The van der Waals surface area contributed by atoms with Crippen LogP contribution in [0.15, 0.2) is 72.4 Å². The zero-order valence-corrected chi connectivity index (χ0v) is 19.0. The number of carbonyl (C=O) groups excluding carboxylic acids is 3. The van der Waals surface area contributed by atoms with Gasteiger partial charge in [0.15, 0.2) is 12.4 Å². The number of ketones is 1. The number of anilines is 1. The number of para-hydroxylation sites is 1. The molecule has 2 aromatic heterocycles. The van der Waals surface area contributed by atoms with Crippen LogP contribution in [0, 0.1) is 0 Å². The number of benzene rings is 1. The van der Waals surface area contributed by atoms with E-state index in [0.717, 1.165) is 0 Å². The van der Waals surface area contributed by atoms with Gasteiger partial charge in [-0.05, 0) is 29.6 Å². The first-order chi connectivity index (χ1) is 13.1. The summed E-state index contributed by atoms with van der Waals surface area (Å²) in [7, 11) is 0. The number of Topliss-reactive ketones (excluding diaryl/α,β-unsaturated/α-hetero) is 1. The van der Waals surface area contributed by atoms with Crippen molar-refractivity contribution < 1.29 is 52.9 Å². The highest BCUT2D eigenvalue weighted by Gasteiger charge is 2.16. The van der Waals surface area contributed by atoms with Crippen molar-refractivity contribution in [3.63, 3.8) is 0 Å². The molecule has 10 heteroatoms. The summed E-state index contributed by atoms with van der Waals surface area (Å²) in [5.74, 6) is -0.524. The summed E-state index contributed by atoms with van der Waals surface area (Å²) in [5.41, 5.74) is 5.54. The van der Waals surface area contributed by atoms with Gasteiger partial charge in [0.05, 0.1) is 4.88 Å². The van der Waals surface area contributed by atoms with E-state index >= 15 is 0 Å². The molecule has 1 aromatic carbocycles. The van der Waals surface area contributed by atoms with Gasteiger partial charge in [0, 0.05) is 11.8 Å². The van der Waals surface area contributed by atoms with Crippen LogP contribution in [0.3, 0.4) is 0 Å². The smallest absolute Gasteiger partial charge is 0.337 e. The fourth-order valence-electron chi connectivity index (χ4n) is 2.31. The number of hydrazine groups is 1. The van der Waals surface area contributed by atoms with Crippen molar-refractivity contribution in [2.75, 3.05) is 5.32 Å². The molecule has 0 atom stereocenters. The lowest BCUT2D eigenvalue weighted by Crippen LogP contribution is -3.00. The first-order valence-electron chi connectivity index (χ1n) is 8.10. The molecule has 0 saturated heterocycles. The Morgan fingerprint density at radius 2 is 1.66 bits per heavy atom. The minimum atomic E-state index is -0.564. The number of aromatic nitrogens is 1. The zero-order chi connectivity index (χ0) is 19.1. The average molecular weight is 541 g/mol. The van der Waals surface area contributed by atoms with Crippen LogP contribution >= 0.6 is 11.3 Å². The third-order valence-electron chi connectivity index (χ3n) is 3.56. The minimum absolute atomic E-state index is 0. The molecule has 0 aliphatic rings. The summed E-state index contributed by atoms with van der Waals surface area (Å²) in [6.07, 6.45) is 3.26. The van der Waals surface area contributed by atoms with Gasteiger partial charge in [0.1, 0.15) is 5.56 Å². The van der Waals surface area contributed by atoms with Crippen LogP contribution in [0.25, 0.3) is 0 Å². The Morgan fingerprint density at radius 1 is 0.897 bits per heavy atom. The highest BCUT2D eigenvalue weighted by atomic mass is 79.9. The molecule has 0 aliphatic carbocycles. The molecule has 2 heterocycles. The standard InChI is InChI=1S/C19H16N4O3S.2BrH/c24-16(17-9-5-11-27-17)13-23-10-4-6-14(12-23)18(25)21-22-19(26)20-15-7-2-1-3-8-15;;/h1-12H,13H2,(H2-,20,21,22,25,26);2*1H/p-1. The number of urea groups is 1. The van der Waals surface area contributed by atoms with Crippen LogP contribution in [0.5, 0.6) is 0 Å². The van der Waals surface area contributed by atoms with Crippen molar-refractivity contribution in [3.8, 4) is 0 Å². The van der Waals surface area contributed by atoms with E-state index in [9.17, 15) is 14.4 Å². The molecule has 0 radical (unpaired) electrons. The van der Waals surface area contributed by atoms with Gasteiger partial charge in [-0.2, -0.15) is 4.57 Å². The topological polar surface area (TPSA) is 91.2 Å². The van der Waals surface area contributed by atoms with E-state index in [1.54, 1.807) is 59.4 Å². The fraction of sp³-hybridized carbons (Fsp3) is 0.0526. The van der Waals surface area contributed by atoms with E-state index in [-0.39, 0.29) is 46.3 Å². The van der Waals surface area contributed by atoms with Crippen LogP contribution in [0.4, 0.5) is 10.5 Å². The van der Waals surface area contributed by atoms with Crippen LogP contribution in [-0.4, -0.2) is 17.7 Å². The Labute approximate surface area is 192 Å². The predicted molar refractivity (Wildman–Crippen MR) is 101 cm³/mol. The van der Waals surface area contributed by atoms with Crippen LogP contribution in [-0.2, 0) is 6.54 Å². The molecule has 0 saturated carbocycles. The van der Waals surface area contributed by atoms with Crippen molar-refractivity contribution >= 4 is 34.7 Å². The molecule has 29 heavy (non-hydrogen) atoms. The maximum Gasteiger partial charge on any atom is 0.337 e. The van der Waals surface area contributed by atoms with Gasteiger partial charge in [-0.1, -0.05) is 24.3 Å². The second-order valence-electron chi connectivity index (χ2n) is 5.56. The van der Waals surface area contributed by atoms with E-state index < -0.39 is 11.9 Å². The van der Waals surface area contributed by atoms with Crippen LogP contribution in [0.1, 0.15) is 20.0 Å². The van der Waals surface area contributed by atoms with Gasteiger partial charge < -0.3 is 39.3 Å². The van der Waals surface area contributed by atoms with Gasteiger partial charge in [-0.25, -0.2) is 10.2 Å². The molecule has 0 fully saturated rings. The average Bonchev–Trinajstić information content (AvgIpc) is 3.22. The van der Waals surface area contributed by atoms with Crippen molar-refractivity contribution in [1.82, 2.24) is 10.9 Å². The maximum absolute atomic E-state index is 12.2. The summed E-state index contributed by atoms with van der Waals surface area (Å²) in [4.78, 5) is 36.9. The summed E-state index contributed by atoms with van der Waals surface area (Å²) in [5, 5.41) is 4.43. The third-order valence-corrected chi connectivity index (χ3v) is 4.47. The van der Waals surface area contributed by atoms with E-state index in [1.807, 2.05) is 17.5 Å². The second kappa shape index (κ2) is 12.1. The number of nitrogens with zero attached hydrogens (tertiary/aromatic N) is 1. The van der Waals surface area contributed by atoms with Gasteiger partial charge in [0.25, 0.3) is 5.91 Å². The van der Waals surface area contributed by atoms with Crippen molar-refractivity contribution in [2.24, 2.45) is 0 Å². The fourth-order valence-corrected chi connectivity index (χ4v) is 2.96. The SMILES string of the molecule is O=C(NNC(=O)c1ccc[n+](CC(=O)c2cccs2)c1)Nc1ccccc1.[Br-].[Br-]. The first-order valence-corrected chi connectivity index (χ1v) is 8.98. The number of amides is 3. The Balaban J connectivity index is 0.00000210. The first kappa shape index (κ1) is 24.5. The highest BCUT2D eigenvalue weighted by molar-refractivity contribution is 7.12. The Hall–Kier alpha value is -2.56. The monoisotopic (exact) mass is 539 g/mol. The molecule has 7 nitrogen and oxygen atoms in total. The predicted octanol–water partition coefficient (Wildman–Crippen LogP) is -3.61. The molecule has 0 bridgehead atoms. The van der Waals surface area contributed by atoms with Crippen molar-refractivity contribution in [2.45, 2.75) is 6.54 Å². The summed E-state index contributed by atoms with van der Waals surface area (Å²) in [6.45, 7) is 0.129. The van der Waals surface area contributed by atoms with E-state index in [2.05, 4.69) is 16.2 Å².